The zero-order valence-electron chi connectivity index (χ0n) is 21.8. The minimum absolute atomic E-state index is 0.0411. The molecule has 0 bridgehead atoms. The van der Waals surface area contributed by atoms with Crippen LogP contribution in [-0.4, -0.2) is 61.7 Å². The largest absolute Gasteiger partial charge is 0.497 e. The van der Waals surface area contributed by atoms with E-state index in [0.29, 0.717) is 54.3 Å². The molecule has 2 aromatic carbocycles. The summed E-state index contributed by atoms with van der Waals surface area (Å²) in [4.78, 5) is 41.3. The molecule has 198 valence electrons. The topological polar surface area (TPSA) is 106 Å². The number of carbonyl (C=O) groups excluding carboxylic acids is 3. The van der Waals surface area contributed by atoms with Crippen molar-refractivity contribution in [2.75, 3.05) is 27.0 Å². The van der Waals surface area contributed by atoms with E-state index in [1.165, 1.54) is 0 Å². The van der Waals surface area contributed by atoms with Crippen molar-refractivity contribution in [1.82, 2.24) is 15.5 Å². The number of rotatable bonds is 8. The summed E-state index contributed by atoms with van der Waals surface area (Å²) >= 11 is 0. The minimum atomic E-state index is -0.710. The van der Waals surface area contributed by atoms with Gasteiger partial charge < -0.3 is 29.7 Å². The van der Waals surface area contributed by atoms with Crippen LogP contribution < -0.4 is 24.8 Å². The van der Waals surface area contributed by atoms with E-state index in [4.69, 9.17) is 14.2 Å². The number of fused-ring (bicyclic) bond motifs is 1. The molecule has 37 heavy (non-hydrogen) atoms. The van der Waals surface area contributed by atoms with Crippen LogP contribution in [0.1, 0.15) is 54.3 Å². The monoisotopic (exact) mass is 509 g/mol. The van der Waals surface area contributed by atoms with Crippen LogP contribution in [0, 0.1) is 11.8 Å². The minimum Gasteiger partial charge on any atom is -0.497 e. The van der Waals surface area contributed by atoms with Crippen LogP contribution in [0.25, 0.3) is 0 Å². The molecule has 0 spiro atoms. The van der Waals surface area contributed by atoms with E-state index in [1.54, 1.807) is 54.5 Å². The van der Waals surface area contributed by atoms with Crippen molar-refractivity contribution in [3.8, 4) is 17.2 Å². The molecule has 0 aliphatic carbocycles. The molecule has 0 radical (unpaired) electrons. The van der Waals surface area contributed by atoms with E-state index < -0.39 is 6.04 Å². The van der Waals surface area contributed by atoms with E-state index in [0.717, 1.165) is 0 Å². The predicted molar refractivity (Wildman–Crippen MR) is 138 cm³/mol. The number of nitrogens with zero attached hydrogens (tertiary/aromatic N) is 1. The average molecular weight is 510 g/mol. The Morgan fingerprint density at radius 2 is 1.57 bits per heavy atom. The molecule has 3 amide bonds. The summed E-state index contributed by atoms with van der Waals surface area (Å²) in [7, 11) is 1.56. The fourth-order valence-electron chi connectivity index (χ4n) is 4.49. The zero-order chi connectivity index (χ0) is 26.5. The average Bonchev–Trinajstić information content (AvgIpc) is 3.39. The number of methoxy groups -OCH3 is 1. The Morgan fingerprint density at radius 1 is 0.919 bits per heavy atom. The Bertz CT molecular complexity index is 1130. The SMILES string of the molecule is COc1ccc(C(=O)N[C@H](C(=O)N[C@@H](C)C(C)C)C2CCN(C(=O)c3ccc4c(c3)OCO4)CC2)cc1. The zero-order valence-corrected chi connectivity index (χ0v) is 21.8. The van der Waals surface area contributed by atoms with Crippen molar-refractivity contribution in [3.63, 3.8) is 0 Å². The number of benzene rings is 2. The van der Waals surface area contributed by atoms with E-state index in [1.807, 2.05) is 20.8 Å². The van der Waals surface area contributed by atoms with Gasteiger partial charge in [-0.05, 0) is 74.1 Å². The number of hydrogen-bond acceptors (Lipinski definition) is 6. The van der Waals surface area contributed by atoms with Crippen LogP contribution in [0.3, 0.4) is 0 Å². The summed E-state index contributed by atoms with van der Waals surface area (Å²) in [5, 5.41) is 6.02. The quantitative estimate of drug-likeness (QED) is 0.566. The number of carbonyl (C=O) groups is 3. The van der Waals surface area contributed by atoms with Gasteiger partial charge in [-0.25, -0.2) is 0 Å². The molecule has 2 N–H and O–H groups in total. The van der Waals surface area contributed by atoms with Gasteiger partial charge in [0.05, 0.1) is 7.11 Å². The highest BCUT2D eigenvalue weighted by molar-refractivity contribution is 5.98. The van der Waals surface area contributed by atoms with Crippen LogP contribution >= 0.6 is 0 Å². The molecule has 9 heteroatoms. The van der Waals surface area contributed by atoms with Crippen molar-refractivity contribution in [3.05, 3.63) is 53.6 Å². The molecular formula is C28H35N3O6. The first-order valence-corrected chi connectivity index (χ1v) is 12.7. The van der Waals surface area contributed by atoms with Crippen LogP contribution in [0.15, 0.2) is 42.5 Å². The van der Waals surface area contributed by atoms with Crippen molar-refractivity contribution < 1.29 is 28.6 Å². The van der Waals surface area contributed by atoms with Gasteiger partial charge in [0.1, 0.15) is 11.8 Å². The van der Waals surface area contributed by atoms with Crippen molar-refractivity contribution in [2.24, 2.45) is 11.8 Å². The Balaban J connectivity index is 1.44. The Hall–Kier alpha value is -3.75. The molecule has 2 aromatic rings. The maximum Gasteiger partial charge on any atom is 0.253 e. The molecular weight excluding hydrogens is 474 g/mol. The highest BCUT2D eigenvalue weighted by atomic mass is 16.7. The third-order valence-electron chi connectivity index (χ3n) is 7.21. The van der Waals surface area contributed by atoms with Crippen LogP contribution in [0.2, 0.25) is 0 Å². The van der Waals surface area contributed by atoms with Crippen LogP contribution in [0.5, 0.6) is 17.2 Å². The molecule has 0 unspecified atom stereocenters. The highest BCUT2D eigenvalue weighted by Crippen LogP contribution is 2.33. The van der Waals surface area contributed by atoms with Crippen molar-refractivity contribution in [1.29, 1.82) is 0 Å². The lowest BCUT2D eigenvalue weighted by atomic mass is 9.87. The fraction of sp³-hybridized carbons (Fsp3) is 0.464. The molecule has 9 nitrogen and oxygen atoms in total. The number of ether oxygens (including phenoxy) is 3. The predicted octanol–water partition coefficient (Wildman–Crippen LogP) is 3.24. The first kappa shape index (κ1) is 26.3. The molecule has 1 saturated heterocycles. The first-order chi connectivity index (χ1) is 17.8. The van der Waals surface area contributed by atoms with E-state index in [-0.39, 0.29) is 42.4 Å². The van der Waals surface area contributed by atoms with E-state index in [2.05, 4.69) is 10.6 Å². The third kappa shape index (κ3) is 6.15. The summed E-state index contributed by atoms with van der Waals surface area (Å²) in [5.41, 5.74) is 0.987. The van der Waals surface area contributed by atoms with Crippen LogP contribution in [-0.2, 0) is 4.79 Å². The number of piperidine rings is 1. The smallest absolute Gasteiger partial charge is 0.253 e. The van der Waals surface area contributed by atoms with Gasteiger partial charge in [-0.3, -0.25) is 14.4 Å². The van der Waals surface area contributed by atoms with E-state index in [9.17, 15) is 14.4 Å². The number of nitrogens with one attached hydrogen (secondary N) is 2. The molecule has 4 rings (SSSR count). The van der Waals surface area contributed by atoms with Crippen molar-refractivity contribution in [2.45, 2.75) is 45.7 Å². The second-order valence-electron chi connectivity index (χ2n) is 9.92. The highest BCUT2D eigenvalue weighted by Gasteiger charge is 2.35. The summed E-state index contributed by atoms with van der Waals surface area (Å²) in [6.07, 6.45) is 1.18. The maximum absolute atomic E-state index is 13.3. The second-order valence-corrected chi connectivity index (χ2v) is 9.92. The Morgan fingerprint density at radius 3 is 2.22 bits per heavy atom. The Labute approximate surface area is 217 Å². The normalized spacial score (nSPS) is 16.7. The van der Waals surface area contributed by atoms with E-state index >= 15 is 0 Å². The molecule has 2 aliphatic rings. The second kappa shape index (κ2) is 11.5. The van der Waals surface area contributed by atoms with Gasteiger partial charge in [0.25, 0.3) is 11.8 Å². The molecule has 0 saturated carbocycles. The molecule has 1 fully saturated rings. The Kier molecular flexibility index (Phi) is 8.21. The fourth-order valence-corrected chi connectivity index (χ4v) is 4.49. The number of hydrogen-bond donors (Lipinski definition) is 2. The lowest BCUT2D eigenvalue weighted by molar-refractivity contribution is -0.125. The van der Waals surface area contributed by atoms with Gasteiger partial charge in [0.15, 0.2) is 11.5 Å². The molecule has 2 aliphatic heterocycles. The van der Waals surface area contributed by atoms with Gasteiger partial charge in [0.2, 0.25) is 12.7 Å². The standard InChI is InChI=1S/C28H35N3O6/c1-17(2)18(3)29-27(33)25(30-26(32)20-5-8-22(35-4)9-6-20)19-11-13-31(14-12-19)28(34)21-7-10-23-24(15-21)37-16-36-23/h5-10,15,17-19,25H,11-14,16H2,1-4H3,(H,29,33)(H,30,32)/t18-,25-/m0/s1. The number of likely N-dealkylation sites (tertiary alicyclic amines) is 1. The lowest BCUT2D eigenvalue weighted by Gasteiger charge is -2.36. The summed E-state index contributed by atoms with van der Waals surface area (Å²) < 4.78 is 15.9. The van der Waals surface area contributed by atoms with Gasteiger partial charge >= 0.3 is 0 Å². The summed E-state index contributed by atoms with van der Waals surface area (Å²) in [5.74, 6) is 1.38. The van der Waals surface area contributed by atoms with Crippen molar-refractivity contribution >= 4 is 17.7 Å². The van der Waals surface area contributed by atoms with Crippen LogP contribution in [0.4, 0.5) is 0 Å². The van der Waals surface area contributed by atoms with Gasteiger partial charge in [-0.1, -0.05) is 13.8 Å². The van der Waals surface area contributed by atoms with Gasteiger partial charge in [-0.15, -0.1) is 0 Å². The molecule has 0 aromatic heterocycles. The summed E-state index contributed by atoms with van der Waals surface area (Å²) in [6, 6.07) is 11.2. The summed E-state index contributed by atoms with van der Waals surface area (Å²) in [6.45, 7) is 7.16. The van der Waals surface area contributed by atoms with Gasteiger partial charge in [-0.2, -0.15) is 0 Å². The van der Waals surface area contributed by atoms with Gasteiger partial charge in [0, 0.05) is 30.3 Å². The first-order valence-electron chi connectivity index (χ1n) is 12.7. The molecule has 2 atom stereocenters. The lowest BCUT2D eigenvalue weighted by Crippen LogP contribution is -2.55. The number of amides is 3. The maximum atomic E-state index is 13.3. The third-order valence-corrected chi connectivity index (χ3v) is 7.21. The molecule has 2 heterocycles.